The molecule has 44 heavy (non-hydrogen) atoms. The molecule has 13 nitrogen and oxygen atoms in total. The summed E-state index contributed by atoms with van der Waals surface area (Å²) in [5.41, 5.74) is -0.883. The summed E-state index contributed by atoms with van der Waals surface area (Å²) in [6.07, 6.45) is 1.22. The normalized spacial score (nSPS) is 24.2. The molecule has 0 saturated carbocycles. The van der Waals surface area contributed by atoms with E-state index in [0.29, 0.717) is 17.5 Å². The fourth-order valence-electron chi connectivity index (χ4n) is 5.77. The number of rotatable bonds is 13. The lowest BCUT2D eigenvalue weighted by molar-refractivity contribution is -0.124. The molecule has 2 aliphatic rings. The smallest absolute Gasteiger partial charge is 0.345 e. The number of hydrogen-bond acceptors (Lipinski definition) is 9. The Hall–Kier alpha value is -2.76. The van der Waals surface area contributed by atoms with Crippen molar-refractivity contribution in [2.24, 2.45) is 0 Å². The molecule has 2 bridgehead atoms. The quantitative estimate of drug-likeness (QED) is 0.195. The molecular weight excluding hydrogens is 607 g/mol. The Balaban J connectivity index is 1.73. The third kappa shape index (κ3) is 6.89. The van der Waals surface area contributed by atoms with Crippen LogP contribution in [-0.2, 0) is 23.8 Å². The van der Waals surface area contributed by atoms with Gasteiger partial charge in [0.1, 0.15) is 24.1 Å². The average molecular weight is 649 g/mol. The van der Waals surface area contributed by atoms with Crippen molar-refractivity contribution < 1.29 is 27.0 Å². The monoisotopic (exact) mass is 648 g/mol. The van der Waals surface area contributed by atoms with Crippen LogP contribution in [0.1, 0.15) is 63.2 Å². The van der Waals surface area contributed by atoms with Gasteiger partial charge in [-0.25, -0.2) is 24.5 Å². The molecule has 2 saturated heterocycles. The third-order valence-corrected chi connectivity index (χ3v) is 11.1. The van der Waals surface area contributed by atoms with E-state index in [0.717, 1.165) is 6.26 Å². The number of anilines is 1. The molecular formula is C29H41N6O7PS. The van der Waals surface area contributed by atoms with Gasteiger partial charge in [0.05, 0.1) is 12.3 Å². The van der Waals surface area contributed by atoms with Crippen LogP contribution >= 0.6 is 8.53 Å². The second-order valence-corrected chi connectivity index (χ2v) is 14.9. The molecule has 3 heterocycles. The molecule has 5 atom stereocenters. The number of aryl methyl sites for hydroxylation is 1. The summed E-state index contributed by atoms with van der Waals surface area (Å²) in [5.74, 6) is -0.315. The van der Waals surface area contributed by atoms with Crippen LogP contribution in [0.25, 0.3) is 4.85 Å². The first-order chi connectivity index (χ1) is 20.7. The first kappa shape index (κ1) is 34.1. The Kier molecular flexibility index (Phi) is 10.6. The average Bonchev–Trinajstić information content (AvgIpc) is 3.44. The van der Waals surface area contributed by atoms with E-state index in [2.05, 4.69) is 19.8 Å². The zero-order valence-electron chi connectivity index (χ0n) is 26.1. The highest BCUT2D eigenvalue weighted by Gasteiger charge is 2.67. The Morgan fingerprint density at radius 1 is 1.27 bits per heavy atom. The van der Waals surface area contributed by atoms with Crippen LogP contribution in [0.3, 0.4) is 0 Å². The summed E-state index contributed by atoms with van der Waals surface area (Å²) in [5, 5.41) is 2.69. The van der Waals surface area contributed by atoms with Gasteiger partial charge in [0, 0.05) is 36.0 Å². The van der Waals surface area contributed by atoms with Crippen LogP contribution in [0.15, 0.2) is 41.3 Å². The number of carbonyl (C=O) groups excluding carboxylic acids is 1. The van der Waals surface area contributed by atoms with Crippen molar-refractivity contribution in [2.45, 2.75) is 84.0 Å². The van der Waals surface area contributed by atoms with Crippen LogP contribution in [0.2, 0.25) is 0 Å². The third-order valence-electron chi connectivity index (χ3n) is 7.79. The topological polar surface area (TPSA) is 137 Å². The van der Waals surface area contributed by atoms with Gasteiger partial charge < -0.3 is 23.9 Å². The van der Waals surface area contributed by atoms with Gasteiger partial charge in [-0.05, 0) is 53.2 Å². The zero-order valence-corrected chi connectivity index (χ0v) is 27.8. The molecule has 1 aromatic carbocycles. The largest absolute Gasteiger partial charge is 0.351 e. The number of amides is 1. The Bertz CT molecular complexity index is 1540. The van der Waals surface area contributed by atoms with E-state index in [-0.39, 0.29) is 37.6 Å². The number of nitrogens with one attached hydrogen (secondary N) is 1. The lowest BCUT2D eigenvalue weighted by atomic mass is 9.96. The second kappa shape index (κ2) is 13.7. The molecule has 0 radical (unpaired) electrons. The molecule has 1 unspecified atom stereocenters. The molecule has 1 N–H and O–H groups in total. The summed E-state index contributed by atoms with van der Waals surface area (Å²) >= 11 is 0. The number of aromatic nitrogens is 2. The summed E-state index contributed by atoms with van der Waals surface area (Å²) in [4.78, 5) is 33.7. The number of morpholine rings is 1. The maximum absolute atomic E-state index is 13.5. The summed E-state index contributed by atoms with van der Waals surface area (Å²) in [7, 11) is -5.48. The van der Waals surface area contributed by atoms with Crippen molar-refractivity contribution in [3.63, 3.8) is 0 Å². The molecule has 15 heteroatoms. The van der Waals surface area contributed by atoms with Crippen molar-refractivity contribution in [1.82, 2.24) is 18.5 Å². The van der Waals surface area contributed by atoms with Gasteiger partial charge in [-0.2, -0.15) is 9.29 Å². The van der Waals surface area contributed by atoms with E-state index in [1.54, 1.807) is 37.3 Å². The van der Waals surface area contributed by atoms with E-state index in [9.17, 15) is 18.0 Å². The minimum absolute atomic E-state index is 0.0292. The van der Waals surface area contributed by atoms with Gasteiger partial charge in [-0.15, -0.1) is 0 Å². The van der Waals surface area contributed by atoms with Crippen LogP contribution in [0, 0.1) is 13.5 Å². The van der Waals surface area contributed by atoms with Crippen molar-refractivity contribution in [3.05, 3.63) is 69.6 Å². The minimum Gasteiger partial charge on any atom is -0.345 e. The fraction of sp³-hybridized carbons (Fsp3) is 0.586. The second-order valence-electron chi connectivity index (χ2n) is 11.6. The number of fused-ring (bicyclic) bond motifs is 2. The maximum Gasteiger partial charge on any atom is 0.351 e. The summed E-state index contributed by atoms with van der Waals surface area (Å²) < 4.78 is 50.3. The van der Waals surface area contributed by atoms with Crippen LogP contribution < -0.4 is 11.0 Å². The van der Waals surface area contributed by atoms with Crippen molar-refractivity contribution >= 4 is 30.3 Å². The van der Waals surface area contributed by atoms with Gasteiger partial charge in [-0.3, -0.25) is 9.36 Å². The van der Waals surface area contributed by atoms with E-state index in [1.807, 2.05) is 34.6 Å². The van der Waals surface area contributed by atoms with Gasteiger partial charge >= 0.3 is 5.69 Å². The van der Waals surface area contributed by atoms with Gasteiger partial charge in [0.25, 0.3) is 14.4 Å². The maximum atomic E-state index is 13.5. The number of sulfonamides is 1. The highest BCUT2D eigenvalue weighted by atomic mass is 32.2. The SMILES string of the molecule is [C-]#[N+]CCOP(O[C@H]1[C@@H]2[C@H](n3cc(C)c(NC(=O)c4ccccc4)nc3=O)O[C@@]1(CC)CN2S(C)(=O)=O)N(C(C)C)C(C)C. The van der Waals surface area contributed by atoms with E-state index < -0.39 is 54.1 Å². The predicted molar refractivity (Wildman–Crippen MR) is 167 cm³/mol. The number of benzene rings is 1. The highest BCUT2D eigenvalue weighted by Crippen LogP contribution is 2.57. The Morgan fingerprint density at radius 3 is 2.50 bits per heavy atom. The molecule has 0 aliphatic carbocycles. The fourth-order valence-corrected chi connectivity index (χ4v) is 8.69. The number of ether oxygens (including phenoxy) is 1. The molecule has 0 spiro atoms. The lowest BCUT2D eigenvalue weighted by Gasteiger charge is -2.38. The summed E-state index contributed by atoms with van der Waals surface area (Å²) in [6.45, 7) is 19.2. The summed E-state index contributed by atoms with van der Waals surface area (Å²) in [6, 6.07) is 7.73. The number of hydrogen-bond donors (Lipinski definition) is 1. The van der Waals surface area contributed by atoms with Crippen molar-refractivity contribution in [3.8, 4) is 0 Å². The first-order valence-corrected chi connectivity index (χ1v) is 17.5. The molecule has 2 aromatic rings. The van der Waals surface area contributed by atoms with Crippen molar-refractivity contribution in [2.75, 3.05) is 31.3 Å². The van der Waals surface area contributed by atoms with E-state index in [4.69, 9.17) is 20.4 Å². The van der Waals surface area contributed by atoms with Crippen LogP contribution in [0.4, 0.5) is 5.82 Å². The Morgan fingerprint density at radius 2 is 1.93 bits per heavy atom. The van der Waals surface area contributed by atoms with E-state index in [1.165, 1.54) is 15.1 Å². The van der Waals surface area contributed by atoms with Gasteiger partial charge in [0.15, 0.2) is 6.23 Å². The number of nitrogens with zero attached hydrogens (tertiary/aromatic N) is 5. The van der Waals surface area contributed by atoms with Gasteiger partial charge in [0.2, 0.25) is 16.6 Å². The molecule has 1 aromatic heterocycles. The predicted octanol–water partition coefficient (Wildman–Crippen LogP) is 3.79. The highest BCUT2D eigenvalue weighted by molar-refractivity contribution is 7.88. The molecule has 240 valence electrons. The van der Waals surface area contributed by atoms with Crippen molar-refractivity contribution in [1.29, 1.82) is 0 Å². The van der Waals surface area contributed by atoms with Crippen LogP contribution in [0.5, 0.6) is 0 Å². The Labute approximate surface area is 260 Å². The van der Waals surface area contributed by atoms with E-state index >= 15 is 0 Å². The molecule has 4 rings (SSSR count). The zero-order chi connectivity index (χ0) is 32.4. The lowest BCUT2D eigenvalue weighted by Crippen LogP contribution is -2.49. The first-order valence-electron chi connectivity index (χ1n) is 14.6. The van der Waals surface area contributed by atoms with Gasteiger partial charge in [-0.1, -0.05) is 25.1 Å². The van der Waals surface area contributed by atoms with Crippen LogP contribution in [-0.4, -0.2) is 88.6 Å². The molecule has 2 aliphatic heterocycles. The molecule has 2 fully saturated rings. The minimum atomic E-state index is -3.75. The number of carbonyl (C=O) groups is 1. The standard InChI is InChI=1S/C29H41N6O7PS/c1-9-29-18-34(44(8,38)39)23(24(29)42-43(40-16-15-30-7)35(19(2)3)20(4)5)27(41-29)33-17-21(6)25(32-28(33)37)31-26(36)22-13-11-10-12-14-22/h10-14,17,19-20,23-24,27H,9,15-16,18H2,1-6,8H3,(H,31,32,36,37)/t23-,24+,27-,29+,43?/m1/s1. The molecule has 1 amide bonds.